The van der Waals surface area contributed by atoms with Gasteiger partial charge in [0.25, 0.3) is 0 Å². The molecule has 0 aromatic rings. The van der Waals surface area contributed by atoms with Crippen molar-refractivity contribution in [2.24, 2.45) is 16.8 Å². The average molecular weight is 242 g/mol. The van der Waals surface area contributed by atoms with E-state index >= 15 is 0 Å². The van der Waals surface area contributed by atoms with E-state index in [0.29, 0.717) is 0 Å². The first-order chi connectivity index (χ1) is 8.17. The van der Waals surface area contributed by atoms with Gasteiger partial charge in [-0.25, -0.2) is 0 Å². The molecule has 0 saturated carbocycles. The van der Waals surface area contributed by atoms with Gasteiger partial charge >= 0.3 is 0 Å². The summed E-state index contributed by atoms with van der Waals surface area (Å²) in [5.41, 5.74) is 5.60. The molecule has 1 rings (SSSR count). The summed E-state index contributed by atoms with van der Waals surface area (Å²) in [5.74, 6) is 1.11. The summed E-state index contributed by atoms with van der Waals surface area (Å²) < 4.78 is 0. The van der Waals surface area contributed by atoms with Crippen LogP contribution in [0.3, 0.4) is 0 Å². The average Bonchev–Trinajstić information content (AvgIpc) is 2.36. The second-order valence-electron chi connectivity index (χ2n) is 4.98. The second kappa shape index (κ2) is 7.50. The lowest BCUT2D eigenvalue weighted by atomic mass is 9.94. The summed E-state index contributed by atoms with van der Waals surface area (Å²) in [5, 5.41) is 15.0. The number of nitrogens with two attached hydrogens (primary N) is 1. The monoisotopic (exact) mass is 242 g/mol. The molecule has 1 saturated heterocycles. The molecular weight excluding hydrogens is 216 g/mol. The van der Waals surface area contributed by atoms with Crippen molar-refractivity contribution in [3.05, 3.63) is 0 Å². The third-order valence-corrected chi connectivity index (χ3v) is 3.66. The molecule has 17 heavy (non-hydrogen) atoms. The third kappa shape index (κ3) is 4.91. The van der Waals surface area contributed by atoms with Crippen LogP contribution in [0, 0.1) is 5.92 Å². The number of hydrogen-bond donors (Lipinski definition) is 3. The third-order valence-electron chi connectivity index (χ3n) is 3.66. The summed E-state index contributed by atoms with van der Waals surface area (Å²) in [6.07, 6.45) is 4.61. The summed E-state index contributed by atoms with van der Waals surface area (Å²) in [6, 6.07) is 0.00580. The zero-order chi connectivity index (χ0) is 12.7. The molecule has 0 amide bonds. The Morgan fingerprint density at radius 2 is 2.18 bits per heavy atom. The maximum atomic E-state index is 8.63. The van der Waals surface area contributed by atoms with Crippen LogP contribution >= 0.6 is 0 Å². The number of piperidine rings is 1. The van der Waals surface area contributed by atoms with Crippen LogP contribution in [0.1, 0.15) is 32.6 Å². The normalized spacial score (nSPS) is 21.6. The molecule has 0 aliphatic carbocycles. The molecule has 1 fully saturated rings. The lowest BCUT2D eigenvalue weighted by Crippen LogP contribution is -2.42. The molecule has 0 aromatic heterocycles. The molecule has 1 unspecified atom stereocenters. The van der Waals surface area contributed by atoms with Gasteiger partial charge in [-0.15, -0.1) is 0 Å². The highest BCUT2D eigenvalue weighted by Gasteiger charge is 2.17. The zero-order valence-corrected chi connectivity index (χ0v) is 11.0. The zero-order valence-electron chi connectivity index (χ0n) is 11.0. The van der Waals surface area contributed by atoms with Crippen molar-refractivity contribution in [3.8, 4) is 0 Å². The first-order valence-electron chi connectivity index (χ1n) is 6.56. The Morgan fingerprint density at radius 1 is 1.53 bits per heavy atom. The minimum atomic E-state index is 0.00580. The number of nitrogens with one attached hydrogen (secondary N) is 1. The molecule has 1 heterocycles. The van der Waals surface area contributed by atoms with Gasteiger partial charge in [0.05, 0.1) is 6.04 Å². The topological polar surface area (TPSA) is 73.9 Å². The first kappa shape index (κ1) is 14.3. The number of amidine groups is 1. The Hall–Kier alpha value is -0.810. The van der Waals surface area contributed by atoms with Gasteiger partial charge < -0.3 is 21.2 Å². The van der Waals surface area contributed by atoms with E-state index in [2.05, 4.69) is 22.4 Å². The van der Waals surface area contributed by atoms with E-state index in [1.54, 1.807) is 0 Å². The van der Waals surface area contributed by atoms with Crippen LogP contribution in [0.2, 0.25) is 0 Å². The molecule has 1 atom stereocenters. The molecule has 0 aromatic carbocycles. The predicted molar refractivity (Wildman–Crippen MR) is 70.3 cm³/mol. The minimum absolute atomic E-state index is 0.00580. The van der Waals surface area contributed by atoms with Gasteiger partial charge in [-0.2, -0.15) is 0 Å². The summed E-state index contributed by atoms with van der Waals surface area (Å²) in [6.45, 7) is 5.40. The van der Waals surface area contributed by atoms with Gasteiger partial charge in [-0.1, -0.05) is 12.1 Å². The predicted octanol–water partition coefficient (Wildman–Crippen LogP) is 0.833. The Balaban J connectivity index is 2.18. The highest BCUT2D eigenvalue weighted by atomic mass is 16.4. The standard InChI is InChI=1S/C12H26N4O/c1-3-11(12(13)15-17)14-7-4-10-5-8-16(2)9-6-10/h10-11,14,17H,3-9H2,1-2H3,(H2,13,15). The van der Waals surface area contributed by atoms with Crippen LogP contribution in [0.25, 0.3) is 0 Å². The van der Waals surface area contributed by atoms with E-state index in [-0.39, 0.29) is 11.9 Å². The van der Waals surface area contributed by atoms with Gasteiger partial charge in [-0.05, 0) is 58.3 Å². The van der Waals surface area contributed by atoms with E-state index < -0.39 is 0 Å². The summed E-state index contributed by atoms with van der Waals surface area (Å²) >= 11 is 0. The molecule has 1 aliphatic rings. The Bertz CT molecular complexity index is 237. The van der Waals surface area contributed by atoms with E-state index in [0.717, 1.165) is 18.9 Å². The Morgan fingerprint density at radius 3 is 2.71 bits per heavy atom. The first-order valence-corrected chi connectivity index (χ1v) is 6.56. The van der Waals surface area contributed by atoms with Crippen molar-refractivity contribution in [1.82, 2.24) is 10.2 Å². The maximum Gasteiger partial charge on any atom is 0.156 e. The molecule has 1 aliphatic heterocycles. The van der Waals surface area contributed by atoms with Crippen LogP contribution < -0.4 is 11.1 Å². The maximum absolute atomic E-state index is 8.63. The van der Waals surface area contributed by atoms with Crippen molar-refractivity contribution < 1.29 is 5.21 Å². The fraction of sp³-hybridized carbons (Fsp3) is 0.917. The van der Waals surface area contributed by atoms with Crippen LogP contribution in [-0.4, -0.2) is 48.7 Å². The van der Waals surface area contributed by atoms with Gasteiger partial charge in [0.15, 0.2) is 5.84 Å². The van der Waals surface area contributed by atoms with Crippen LogP contribution in [0.4, 0.5) is 0 Å². The number of likely N-dealkylation sites (tertiary alicyclic amines) is 1. The van der Waals surface area contributed by atoms with Crippen LogP contribution in [0.5, 0.6) is 0 Å². The van der Waals surface area contributed by atoms with E-state index in [1.165, 1.54) is 32.4 Å². The van der Waals surface area contributed by atoms with Crippen molar-refractivity contribution in [1.29, 1.82) is 0 Å². The highest BCUT2D eigenvalue weighted by molar-refractivity contribution is 5.85. The number of oxime groups is 1. The smallest absolute Gasteiger partial charge is 0.156 e. The second-order valence-corrected chi connectivity index (χ2v) is 4.98. The van der Waals surface area contributed by atoms with Crippen LogP contribution in [-0.2, 0) is 0 Å². The fourth-order valence-corrected chi connectivity index (χ4v) is 2.34. The molecular formula is C12H26N4O. The fourth-order valence-electron chi connectivity index (χ4n) is 2.34. The lowest BCUT2D eigenvalue weighted by molar-refractivity contribution is 0.211. The molecule has 5 heteroatoms. The Labute approximate surface area is 104 Å². The molecule has 0 bridgehead atoms. The largest absolute Gasteiger partial charge is 0.409 e. The molecule has 0 radical (unpaired) electrons. The number of hydrogen-bond acceptors (Lipinski definition) is 4. The Kier molecular flexibility index (Phi) is 6.29. The minimum Gasteiger partial charge on any atom is -0.409 e. The van der Waals surface area contributed by atoms with Crippen molar-refractivity contribution >= 4 is 5.84 Å². The highest BCUT2D eigenvalue weighted by Crippen LogP contribution is 2.18. The van der Waals surface area contributed by atoms with Gasteiger partial charge in [0, 0.05) is 0 Å². The molecule has 100 valence electrons. The SMILES string of the molecule is CCC(NCCC1CCN(C)CC1)C(N)=NO. The molecule has 5 nitrogen and oxygen atoms in total. The van der Waals surface area contributed by atoms with Crippen molar-refractivity contribution in [3.63, 3.8) is 0 Å². The number of nitrogens with zero attached hydrogens (tertiary/aromatic N) is 2. The van der Waals surface area contributed by atoms with E-state index in [4.69, 9.17) is 10.9 Å². The summed E-state index contributed by atoms with van der Waals surface area (Å²) in [7, 11) is 2.18. The van der Waals surface area contributed by atoms with E-state index in [1.807, 2.05) is 6.92 Å². The summed E-state index contributed by atoms with van der Waals surface area (Å²) in [4.78, 5) is 2.38. The van der Waals surface area contributed by atoms with Gasteiger partial charge in [0.1, 0.15) is 0 Å². The van der Waals surface area contributed by atoms with Gasteiger partial charge in [0.2, 0.25) is 0 Å². The van der Waals surface area contributed by atoms with Crippen LogP contribution in [0.15, 0.2) is 5.16 Å². The van der Waals surface area contributed by atoms with Crippen molar-refractivity contribution in [2.45, 2.75) is 38.6 Å². The quantitative estimate of drug-likeness (QED) is 0.279. The molecule has 4 N–H and O–H groups in total. The van der Waals surface area contributed by atoms with Gasteiger partial charge in [-0.3, -0.25) is 0 Å². The van der Waals surface area contributed by atoms with E-state index in [9.17, 15) is 0 Å². The number of rotatable bonds is 6. The molecule has 0 spiro atoms. The lowest BCUT2D eigenvalue weighted by Gasteiger charge is -2.29. The van der Waals surface area contributed by atoms with Crippen molar-refractivity contribution in [2.75, 3.05) is 26.7 Å².